The van der Waals surface area contributed by atoms with Crippen LogP contribution in [0.5, 0.6) is 0 Å². The summed E-state index contributed by atoms with van der Waals surface area (Å²) in [4.78, 5) is 14.3. The van der Waals surface area contributed by atoms with Crippen LogP contribution in [0, 0.1) is 13.8 Å². The molecule has 1 aromatic carbocycles. The van der Waals surface area contributed by atoms with E-state index in [2.05, 4.69) is 15.1 Å². The number of halogens is 1. The molecule has 140 valence electrons. The number of carbonyl (C=O) groups is 1. The van der Waals surface area contributed by atoms with Crippen molar-refractivity contribution >= 4 is 29.6 Å². The summed E-state index contributed by atoms with van der Waals surface area (Å²) in [5, 5.41) is 4.32. The second-order valence-corrected chi connectivity index (χ2v) is 6.79. The molecule has 7 heteroatoms. The summed E-state index contributed by atoms with van der Waals surface area (Å²) < 4.78 is 7.60. The summed E-state index contributed by atoms with van der Waals surface area (Å²) in [6.07, 6.45) is 1.45. The van der Waals surface area contributed by atoms with Crippen LogP contribution in [0.15, 0.2) is 52.0 Å². The molecule has 0 aliphatic rings. The molecule has 0 aliphatic carbocycles. The topological polar surface area (TPSA) is 62.8 Å². The van der Waals surface area contributed by atoms with E-state index in [4.69, 9.17) is 16.0 Å². The average molecular weight is 385 g/mol. The molecule has 3 aromatic rings. The van der Waals surface area contributed by atoms with Crippen molar-refractivity contribution in [2.75, 3.05) is 19.0 Å². The van der Waals surface area contributed by atoms with E-state index in [1.807, 2.05) is 57.1 Å². The van der Waals surface area contributed by atoms with E-state index in [0.29, 0.717) is 22.2 Å². The Labute approximate surface area is 163 Å². The Balaban J connectivity index is 1.78. The zero-order chi connectivity index (χ0) is 19.6. The second kappa shape index (κ2) is 7.72. The van der Waals surface area contributed by atoms with Crippen LogP contribution < -0.4 is 10.3 Å². The number of rotatable bonds is 5. The molecule has 0 bridgehead atoms. The van der Waals surface area contributed by atoms with Crippen molar-refractivity contribution in [2.24, 2.45) is 5.10 Å². The third kappa shape index (κ3) is 4.06. The summed E-state index contributed by atoms with van der Waals surface area (Å²) in [5.41, 5.74) is 5.87. The first-order valence-corrected chi connectivity index (χ1v) is 8.80. The molecule has 1 N–H and O–H groups in total. The van der Waals surface area contributed by atoms with Crippen LogP contribution in [-0.2, 0) is 0 Å². The normalized spacial score (nSPS) is 11.1. The fraction of sp³-hybridized carbons (Fsp3) is 0.200. The Morgan fingerprint density at radius 2 is 1.85 bits per heavy atom. The molecule has 0 radical (unpaired) electrons. The number of aryl methyl sites for hydroxylation is 2. The van der Waals surface area contributed by atoms with E-state index >= 15 is 0 Å². The van der Waals surface area contributed by atoms with Crippen molar-refractivity contribution in [3.05, 3.63) is 70.2 Å². The third-order valence-electron chi connectivity index (χ3n) is 4.14. The zero-order valence-electron chi connectivity index (χ0n) is 15.7. The molecule has 27 heavy (non-hydrogen) atoms. The molecule has 0 saturated carbocycles. The lowest BCUT2D eigenvalue weighted by molar-refractivity contribution is 0.0955. The van der Waals surface area contributed by atoms with Crippen LogP contribution in [0.1, 0.15) is 27.5 Å². The second-order valence-electron chi connectivity index (χ2n) is 6.39. The summed E-state index contributed by atoms with van der Waals surface area (Å²) in [7, 11) is 3.76. The Bertz CT molecular complexity index is 982. The van der Waals surface area contributed by atoms with Gasteiger partial charge in [-0.1, -0.05) is 11.6 Å². The standard InChI is InChI=1S/C20H21ClN4O2/c1-13-5-6-14(2)25(13)15-7-9-18(21)17(11-15)20(26)23-22-12-16-8-10-19(27-16)24(3)4/h5-12H,1-4H3,(H,23,26). The smallest absolute Gasteiger partial charge is 0.272 e. The summed E-state index contributed by atoms with van der Waals surface area (Å²) in [5.74, 6) is 0.855. The van der Waals surface area contributed by atoms with Crippen molar-refractivity contribution in [1.29, 1.82) is 0 Å². The highest BCUT2D eigenvalue weighted by atomic mass is 35.5. The van der Waals surface area contributed by atoms with Crippen molar-refractivity contribution in [2.45, 2.75) is 13.8 Å². The zero-order valence-corrected chi connectivity index (χ0v) is 16.4. The van der Waals surface area contributed by atoms with E-state index in [1.54, 1.807) is 18.2 Å². The summed E-state index contributed by atoms with van der Waals surface area (Å²) >= 11 is 6.22. The van der Waals surface area contributed by atoms with Gasteiger partial charge in [-0.15, -0.1) is 0 Å². The third-order valence-corrected chi connectivity index (χ3v) is 4.46. The van der Waals surface area contributed by atoms with Gasteiger partial charge in [0.25, 0.3) is 5.91 Å². The minimum atomic E-state index is -0.389. The first-order valence-electron chi connectivity index (χ1n) is 8.42. The van der Waals surface area contributed by atoms with Crippen molar-refractivity contribution in [3.63, 3.8) is 0 Å². The molecule has 0 unspecified atom stereocenters. The molecule has 2 heterocycles. The SMILES string of the molecule is Cc1ccc(C)n1-c1ccc(Cl)c(C(=O)NN=Cc2ccc(N(C)C)o2)c1. The quantitative estimate of drug-likeness (QED) is 0.530. The number of nitrogens with one attached hydrogen (secondary N) is 1. The van der Waals surface area contributed by atoms with E-state index in [9.17, 15) is 4.79 Å². The number of hydrogen-bond donors (Lipinski definition) is 1. The minimum Gasteiger partial charge on any atom is -0.440 e. The van der Waals surface area contributed by atoms with Gasteiger partial charge in [0.2, 0.25) is 0 Å². The predicted molar refractivity (Wildman–Crippen MR) is 108 cm³/mol. The monoisotopic (exact) mass is 384 g/mol. The number of hydrogen-bond acceptors (Lipinski definition) is 4. The van der Waals surface area contributed by atoms with Gasteiger partial charge in [-0.25, -0.2) is 5.43 Å². The van der Waals surface area contributed by atoms with Crippen molar-refractivity contribution in [3.8, 4) is 5.69 Å². The molecule has 6 nitrogen and oxygen atoms in total. The molecule has 0 spiro atoms. The van der Waals surface area contributed by atoms with E-state index in [1.165, 1.54) is 6.21 Å². The Hall–Kier alpha value is -2.99. The number of hydrazone groups is 1. The highest BCUT2D eigenvalue weighted by Crippen LogP contribution is 2.23. The molecule has 0 fully saturated rings. The lowest BCUT2D eigenvalue weighted by Gasteiger charge is -2.11. The van der Waals surface area contributed by atoms with Gasteiger partial charge in [-0.2, -0.15) is 5.10 Å². The number of anilines is 1. The van der Waals surface area contributed by atoms with Gasteiger partial charge >= 0.3 is 0 Å². The largest absolute Gasteiger partial charge is 0.440 e. The first-order chi connectivity index (χ1) is 12.9. The van der Waals surface area contributed by atoms with Gasteiger partial charge in [-0.3, -0.25) is 4.79 Å². The molecular weight excluding hydrogens is 364 g/mol. The fourth-order valence-corrected chi connectivity index (χ4v) is 2.97. The molecule has 0 saturated heterocycles. The molecule has 0 aliphatic heterocycles. The van der Waals surface area contributed by atoms with Crippen LogP contribution in [0.4, 0.5) is 5.88 Å². The van der Waals surface area contributed by atoms with Crippen molar-refractivity contribution in [1.82, 2.24) is 9.99 Å². The molecular formula is C20H21ClN4O2. The molecule has 1 amide bonds. The minimum absolute atomic E-state index is 0.354. The van der Waals surface area contributed by atoms with Gasteiger partial charge in [0, 0.05) is 37.2 Å². The highest BCUT2D eigenvalue weighted by molar-refractivity contribution is 6.33. The van der Waals surface area contributed by atoms with Gasteiger partial charge in [-0.05, 0) is 50.2 Å². The number of aromatic nitrogens is 1. The summed E-state index contributed by atoms with van der Waals surface area (Å²) in [6.45, 7) is 4.02. The molecule has 2 aromatic heterocycles. The van der Waals surface area contributed by atoms with Crippen LogP contribution in [0.3, 0.4) is 0 Å². The Morgan fingerprint density at radius 3 is 2.48 bits per heavy atom. The molecule has 0 atom stereocenters. The van der Waals surface area contributed by atoms with E-state index in [-0.39, 0.29) is 5.91 Å². The summed E-state index contributed by atoms with van der Waals surface area (Å²) in [6, 6.07) is 13.0. The Morgan fingerprint density at radius 1 is 1.15 bits per heavy atom. The van der Waals surface area contributed by atoms with Crippen LogP contribution in [-0.4, -0.2) is 30.8 Å². The maximum Gasteiger partial charge on any atom is 0.272 e. The number of nitrogens with zero attached hydrogens (tertiary/aromatic N) is 3. The van der Waals surface area contributed by atoms with E-state index in [0.717, 1.165) is 17.1 Å². The number of amides is 1. The van der Waals surface area contributed by atoms with Crippen LogP contribution in [0.25, 0.3) is 5.69 Å². The van der Waals surface area contributed by atoms with Gasteiger partial charge < -0.3 is 13.9 Å². The lowest BCUT2D eigenvalue weighted by Crippen LogP contribution is -2.18. The van der Waals surface area contributed by atoms with Crippen LogP contribution in [0.2, 0.25) is 5.02 Å². The lowest BCUT2D eigenvalue weighted by atomic mass is 10.2. The van der Waals surface area contributed by atoms with Crippen LogP contribution >= 0.6 is 11.6 Å². The van der Waals surface area contributed by atoms with E-state index < -0.39 is 0 Å². The highest BCUT2D eigenvalue weighted by Gasteiger charge is 2.13. The van der Waals surface area contributed by atoms with Crippen molar-refractivity contribution < 1.29 is 9.21 Å². The molecule has 3 rings (SSSR count). The average Bonchev–Trinajstić information content (AvgIpc) is 3.23. The Kier molecular flexibility index (Phi) is 5.37. The number of furan rings is 1. The number of carbonyl (C=O) groups excluding carboxylic acids is 1. The fourth-order valence-electron chi connectivity index (χ4n) is 2.77. The van der Waals surface area contributed by atoms with Gasteiger partial charge in [0.1, 0.15) is 5.76 Å². The number of benzene rings is 1. The van der Waals surface area contributed by atoms with Gasteiger partial charge in [0.05, 0.1) is 16.8 Å². The first kappa shape index (κ1) is 18.8. The maximum atomic E-state index is 12.5. The maximum absolute atomic E-state index is 12.5. The van der Waals surface area contributed by atoms with Gasteiger partial charge in [0.15, 0.2) is 5.88 Å². The predicted octanol–water partition coefficient (Wildman–Crippen LogP) is 4.17.